The van der Waals surface area contributed by atoms with Gasteiger partial charge in [-0.05, 0) is 40.5 Å². The number of carbonyl (C=O) groups excluding carboxylic acids is 1. The lowest BCUT2D eigenvalue weighted by Gasteiger charge is -2.32. The Balaban J connectivity index is 2.54. The lowest BCUT2D eigenvalue weighted by molar-refractivity contribution is -0.149. The van der Waals surface area contributed by atoms with Crippen LogP contribution in [0.5, 0.6) is 0 Å². The van der Waals surface area contributed by atoms with E-state index in [1.807, 2.05) is 25.6 Å². The molecule has 0 amide bonds. The molecule has 0 radical (unpaired) electrons. The van der Waals surface area contributed by atoms with Gasteiger partial charge in [0, 0.05) is 30.3 Å². The molecule has 0 spiro atoms. The molecule has 19 heavy (non-hydrogen) atoms. The number of nitrogens with one attached hydrogen (secondary N) is 1. The minimum absolute atomic E-state index is 0.150. The quantitative estimate of drug-likeness (QED) is 0.728. The largest absolute Gasteiger partial charge is 0.465 e. The molecule has 1 fully saturated rings. The minimum Gasteiger partial charge on any atom is -0.465 e. The number of hydrogen-bond acceptors (Lipinski definition) is 5. The SMILES string of the molecule is CCOC(=O)C(C)(CSC1CCOCC1)NC(C)C. The summed E-state index contributed by atoms with van der Waals surface area (Å²) in [6, 6.07) is 0.254. The first-order valence-corrected chi connectivity index (χ1v) is 8.17. The Labute approximate surface area is 121 Å². The van der Waals surface area contributed by atoms with Crippen molar-refractivity contribution in [1.82, 2.24) is 5.32 Å². The van der Waals surface area contributed by atoms with E-state index in [1.54, 1.807) is 0 Å². The molecular weight excluding hydrogens is 262 g/mol. The zero-order valence-corrected chi connectivity index (χ0v) is 13.3. The van der Waals surface area contributed by atoms with Gasteiger partial charge >= 0.3 is 5.97 Å². The van der Waals surface area contributed by atoms with Gasteiger partial charge in [0.1, 0.15) is 5.54 Å². The lowest BCUT2D eigenvalue weighted by Crippen LogP contribution is -2.55. The minimum atomic E-state index is -0.604. The number of ether oxygens (including phenoxy) is 2. The zero-order chi connectivity index (χ0) is 14.3. The van der Waals surface area contributed by atoms with Crippen LogP contribution in [0.15, 0.2) is 0 Å². The third-order valence-electron chi connectivity index (χ3n) is 3.11. The standard InChI is InChI=1S/C14H27NO3S/c1-5-18-13(16)14(4,15-11(2)3)10-19-12-6-8-17-9-7-12/h11-12,15H,5-10H2,1-4H3. The number of thioether (sulfide) groups is 1. The predicted octanol–water partition coefficient (Wildman–Crippen LogP) is 2.22. The van der Waals surface area contributed by atoms with Crippen molar-refractivity contribution in [3.8, 4) is 0 Å². The molecule has 1 N–H and O–H groups in total. The molecule has 1 saturated heterocycles. The molecular formula is C14H27NO3S. The molecule has 1 aliphatic rings. The van der Waals surface area contributed by atoms with Gasteiger partial charge in [0.25, 0.3) is 0 Å². The van der Waals surface area contributed by atoms with Gasteiger partial charge < -0.3 is 9.47 Å². The fourth-order valence-electron chi connectivity index (χ4n) is 2.21. The van der Waals surface area contributed by atoms with Crippen molar-refractivity contribution in [3.05, 3.63) is 0 Å². The average Bonchev–Trinajstić information content (AvgIpc) is 2.37. The highest BCUT2D eigenvalue weighted by Gasteiger charge is 2.36. The monoisotopic (exact) mass is 289 g/mol. The molecule has 0 aliphatic carbocycles. The van der Waals surface area contributed by atoms with Crippen molar-refractivity contribution >= 4 is 17.7 Å². The van der Waals surface area contributed by atoms with Crippen molar-refractivity contribution in [3.63, 3.8) is 0 Å². The maximum absolute atomic E-state index is 12.2. The van der Waals surface area contributed by atoms with Gasteiger partial charge in [0.05, 0.1) is 6.61 Å². The van der Waals surface area contributed by atoms with Crippen LogP contribution in [-0.2, 0) is 14.3 Å². The molecule has 1 unspecified atom stereocenters. The van der Waals surface area contributed by atoms with Crippen molar-refractivity contribution < 1.29 is 14.3 Å². The third-order valence-corrected chi connectivity index (χ3v) is 4.80. The van der Waals surface area contributed by atoms with Crippen LogP contribution in [0.3, 0.4) is 0 Å². The fourth-order valence-corrected chi connectivity index (χ4v) is 3.51. The molecule has 0 bridgehead atoms. The second-order valence-electron chi connectivity index (χ2n) is 5.47. The Hall–Kier alpha value is -0.260. The zero-order valence-electron chi connectivity index (χ0n) is 12.5. The van der Waals surface area contributed by atoms with E-state index in [1.165, 1.54) is 0 Å². The van der Waals surface area contributed by atoms with E-state index in [-0.39, 0.29) is 12.0 Å². The second kappa shape index (κ2) is 8.12. The van der Waals surface area contributed by atoms with Crippen LogP contribution < -0.4 is 5.32 Å². The first-order valence-electron chi connectivity index (χ1n) is 7.12. The van der Waals surface area contributed by atoms with Gasteiger partial charge in [-0.2, -0.15) is 11.8 Å². The van der Waals surface area contributed by atoms with Crippen molar-refractivity contribution in [2.24, 2.45) is 0 Å². The summed E-state index contributed by atoms with van der Waals surface area (Å²) in [5.74, 6) is 0.595. The summed E-state index contributed by atoms with van der Waals surface area (Å²) >= 11 is 1.86. The van der Waals surface area contributed by atoms with Crippen LogP contribution in [0.4, 0.5) is 0 Å². The van der Waals surface area contributed by atoms with E-state index >= 15 is 0 Å². The van der Waals surface area contributed by atoms with Crippen molar-refractivity contribution in [2.75, 3.05) is 25.6 Å². The van der Waals surface area contributed by atoms with E-state index < -0.39 is 5.54 Å². The van der Waals surface area contributed by atoms with Crippen LogP contribution in [0.25, 0.3) is 0 Å². The molecule has 5 heteroatoms. The van der Waals surface area contributed by atoms with Crippen LogP contribution in [-0.4, -0.2) is 48.4 Å². The van der Waals surface area contributed by atoms with Gasteiger partial charge in [-0.3, -0.25) is 10.1 Å². The summed E-state index contributed by atoms with van der Waals surface area (Å²) in [5, 5.41) is 3.95. The first kappa shape index (κ1) is 16.8. The highest BCUT2D eigenvalue weighted by Crippen LogP contribution is 2.26. The summed E-state index contributed by atoms with van der Waals surface area (Å²) in [5.41, 5.74) is -0.604. The van der Waals surface area contributed by atoms with Gasteiger partial charge in [0.15, 0.2) is 0 Å². The highest BCUT2D eigenvalue weighted by molar-refractivity contribution is 8.00. The summed E-state index contributed by atoms with van der Waals surface area (Å²) < 4.78 is 10.6. The van der Waals surface area contributed by atoms with E-state index in [0.29, 0.717) is 11.9 Å². The average molecular weight is 289 g/mol. The van der Waals surface area contributed by atoms with E-state index in [9.17, 15) is 4.79 Å². The molecule has 0 aromatic rings. The normalized spacial score (nSPS) is 20.3. The smallest absolute Gasteiger partial charge is 0.326 e. The Morgan fingerprint density at radius 3 is 2.63 bits per heavy atom. The molecule has 0 aromatic carbocycles. The summed E-state index contributed by atoms with van der Waals surface area (Å²) in [7, 11) is 0. The molecule has 1 heterocycles. The molecule has 112 valence electrons. The molecule has 0 aromatic heterocycles. The Morgan fingerprint density at radius 1 is 1.47 bits per heavy atom. The third kappa shape index (κ3) is 5.71. The molecule has 4 nitrogen and oxygen atoms in total. The maximum Gasteiger partial charge on any atom is 0.326 e. The van der Waals surface area contributed by atoms with Crippen LogP contribution >= 0.6 is 11.8 Å². The topological polar surface area (TPSA) is 47.6 Å². The first-order chi connectivity index (χ1) is 8.98. The van der Waals surface area contributed by atoms with Crippen LogP contribution in [0, 0.1) is 0 Å². The summed E-state index contributed by atoms with van der Waals surface area (Å²) in [4.78, 5) is 12.2. The Kier molecular flexibility index (Phi) is 7.18. The highest BCUT2D eigenvalue weighted by atomic mass is 32.2. The predicted molar refractivity (Wildman–Crippen MR) is 79.6 cm³/mol. The Bertz CT molecular complexity index is 280. The summed E-state index contributed by atoms with van der Waals surface area (Å²) in [6.45, 7) is 10.00. The number of hydrogen-bond donors (Lipinski definition) is 1. The van der Waals surface area contributed by atoms with Gasteiger partial charge in [-0.15, -0.1) is 0 Å². The van der Waals surface area contributed by atoms with Crippen molar-refractivity contribution in [1.29, 1.82) is 0 Å². The molecule has 1 aliphatic heterocycles. The fraction of sp³-hybridized carbons (Fsp3) is 0.929. The van der Waals surface area contributed by atoms with Gasteiger partial charge in [0.2, 0.25) is 0 Å². The number of esters is 1. The van der Waals surface area contributed by atoms with Crippen LogP contribution in [0.2, 0.25) is 0 Å². The van der Waals surface area contributed by atoms with E-state index in [2.05, 4.69) is 19.2 Å². The molecule has 0 saturated carbocycles. The Morgan fingerprint density at radius 2 is 2.11 bits per heavy atom. The number of rotatable bonds is 7. The van der Waals surface area contributed by atoms with Crippen molar-refractivity contribution in [2.45, 2.75) is 57.4 Å². The summed E-state index contributed by atoms with van der Waals surface area (Å²) in [6.07, 6.45) is 2.15. The van der Waals surface area contributed by atoms with Crippen LogP contribution in [0.1, 0.15) is 40.5 Å². The van der Waals surface area contributed by atoms with Gasteiger partial charge in [-0.1, -0.05) is 0 Å². The van der Waals surface area contributed by atoms with E-state index in [4.69, 9.17) is 9.47 Å². The van der Waals surface area contributed by atoms with Gasteiger partial charge in [-0.25, -0.2) is 0 Å². The second-order valence-corrected chi connectivity index (χ2v) is 6.76. The molecule has 1 atom stereocenters. The maximum atomic E-state index is 12.2. The molecule has 1 rings (SSSR count). The number of carbonyl (C=O) groups is 1. The van der Waals surface area contributed by atoms with E-state index in [0.717, 1.165) is 31.8 Å². The lowest BCUT2D eigenvalue weighted by atomic mass is 10.0.